The molecule has 0 aromatic heterocycles. The Bertz CT molecular complexity index is 978. The summed E-state index contributed by atoms with van der Waals surface area (Å²) < 4.78 is 23.1. The summed E-state index contributed by atoms with van der Waals surface area (Å²) in [6, 6.07) is 14.0. The van der Waals surface area contributed by atoms with Crippen LogP contribution in [0.25, 0.3) is 0 Å². The molecular formula is C32H44O6. The van der Waals surface area contributed by atoms with Crippen LogP contribution in [0.5, 0.6) is 11.5 Å². The monoisotopic (exact) mass is 524 g/mol. The SMILES string of the molecule is CCC(C)COc1ccc(C(=O)OCC(OC(=O)c2ccc(OCC(C)CC)cc2)C2CCCCC2)cc1. The Morgan fingerprint density at radius 2 is 1.18 bits per heavy atom. The number of benzene rings is 2. The number of rotatable bonds is 14. The summed E-state index contributed by atoms with van der Waals surface area (Å²) in [4.78, 5) is 25.7. The maximum Gasteiger partial charge on any atom is 0.338 e. The molecule has 0 saturated heterocycles. The van der Waals surface area contributed by atoms with Crippen molar-refractivity contribution in [3.05, 3.63) is 59.7 Å². The Kier molecular flexibility index (Phi) is 12.0. The predicted molar refractivity (Wildman–Crippen MR) is 149 cm³/mol. The molecule has 38 heavy (non-hydrogen) atoms. The molecule has 3 atom stereocenters. The van der Waals surface area contributed by atoms with Crippen molar-refractivity contribution in [1.29, 1.82) is 0 Å². The Hall–Kier alpha value is -3.02. The molecule has 0 N–H and O–H groups in total. The number of carbonyl (C=O) groups excluding carboxylic acids is 2. The highest BCUT2D eigenvalue weighted by Gasteiger charge is 2.29. The van der Waals surface area contributed by atoms with Gasteiger partial charge in [-0.15, -0.1) is 0 Å². The van der Waals surface area contributed by atoms with Gasteiger partial charge in [0.25, 0.3) is 0 Å². The first-order valence-corrected chi connectivity index (χ1v) is 14.2. The molecule has 2 aromatic carbocycles. The van der Waals surface area contributed by atoms with Crippen LogP contribution in [0.1, 0.15) is 93.4 Å². The molecule has 1 aliphatic carbocycles. The van der Waals surface area contributed by atoms with Gasteiger partial charge < -0.3 is 18.9 Å². The van der Waals surface area contributed by atoms with Crippen LogP contribution < -0.4 is 9.47 Å². The van der Waals surface area contributed by atoms with Gasteiger partial charge in [0.05, 0.1) is 24.3 Å². The van der Waals surface area contributed by atoms with E-state index in [1.165, 1.54) is 6.42 Å². The van der Waals surface area contributed by atoms with E-state index in [1.807, 2.05) is 0 Å². The van der Waals surface area contributed by atoms with E-state index in [4.69, 9.17) is 18.9 Å². The zero-order chi connectivity index (χ0) is 27.3. The van der Waals surface area contributed by atoms with Crippen molar-refractivity contribution in [2.45, 2.75) is 78.7 Å². The molecule has 0 aliphatic heterocycles. The Labute approximate surface area is 228 Å². The fourth-order valence-electron chi connectivity index (χ4n) is 4.31. The third-order valence-electron chi connectivity index (χ3n) is 7.46. The second kappa shape index (κ2) is 15.4. The molecule has 1 fully saturated rings. The normalized spacial score (nSPS) is 16.2. The number of hydrogen-bond donors (Lipinski definition) is 0. The van der Waals surface area contributed by atoms with Gasteiger partial charge in [-0.2, -0.15) is 0 Å². The lowest BCUT2D eigenvalue weighted by atomic mass is 9.85. The number of hydrogen-bond acceptors (Lipinski definition) is 6. The van der Waals surface area contributed by atoms with Crippen molar-refractivity contribution < 1.29 is 28.5 Å². The number of ether oxygens (including phenoxy) is 4. The predicted octanol–water partition coefficient (Wildman–Crippen LogP) is 7.50. The largest absolute Gasteiger partial charge is 0.493 e. The third kappa shape index (κ3) is 9.38. The zero-order valence-corrected chi connectivity index (χ0v) is 23.4. The van der Waals surface area contributed by atoms with Gasteiger partial charge in [-0.25, -0.2) is 9.59 Å². The summed E-state index contributed by atoms with van der Waals surface area (Å²) in [5.74, 6) is 1.74. The smallest absolute Gasteiger partial charge is 0.338 e. The molecule has 1 aliphatic rings. The van der Waals surface area contributed by atoms with E-state index >= 15 is 0 Å². The van der Waals surface area contributed by atoms with E-state index in [-0.39, 0.29) is 12.5 Å². The summed E-state index contributed by atoms with van der Waals surface area (Å²) >= 11 is 0. The molecule has 0 heterocycles. The van der Waals surface area contributed by atoms with Gasteiger partial charge in [-0.3, -0.25) is 0 Å². The minimum Gasteiger partial charge on any atom is -0.493 e. The van der Waals surface area contributed by atoms with Crippen molar-refractivity contribution in [3.8, 4) is 11.5 Å². The second-order valence-corrected chi connectivity index (χ2v) is 10.6. The molecular weight excluding hydrogens is 480 g/mol. The molecule has 0 radical (unpaired) electrons. The van der Waals surface area contributed by atoms with E-state index in [1.54, 1.807) is 48.5 Å². The molecule has 6 heteroatoms. The maximum absolute atomic E-state index is 13.0. The van der Waals surface area contributed by atoms with E-state index in [0.717, 1.165) is 50.0 Å². The van der Waals surface area contributed by atoms with E-state index < -0.39 is 18.0 Å². The van der Waals surface area contributed by atoms with Gasteiger partial charge in [0.1, 0.15) is 24.2 Å². The highest BCUT2D eigenvalue weighted by molar-refractivity contribution is 5.90. The van der Waals surface area contributed by atoms with Crippen LogP contribution in [0.3, 0.4) is 0 Å². The Morgan fingerprint density at radius 3 is 1.66 bits per heavy atom. The van der Waals surface area contributed by atoms with Crippen LogP contribution in [-0.4, -0.2) is 37.9 Å². The van der Waals surface area contributed by atoms with Crippen molar-refractivity contribution in [2.24, 2.45) is 17.8 Å². The zero-order valence-electron chi connectivity index (χ0n) is 23.4. The van der Waals surface area contributed by atoms with Crippen LogP contribution in [0.15, 0.2) is 48.5 Å². The van der Waals surface area contributed by atoms with Gasteiger partial charge in [-0.1, -0.05) is 59.8 Å². The Balaban J connectivity index is 1.57. The summed E-state index contributed by atoms with van der Waals surface area (Å²) in [6.45, 7) is 9.87. The molecule has 3 rings (SSSR count). The number of esters is 2. The van der Waals surface area contributed by atoms with Crippen molar-refractivity contribution >= 4 is 11.9 Å². The molecule has 0 spiro atoms. The van der Waals surface area contributed by atoms with Crippen molar-refractivity contribution in [3.63, 3.8) is 0 Å². The van der Waals surface area contributed by atoms with Gasteiger partial charge in [0, 0.05) is 0 Å². The van der Waals surface area contributed by atoms with Crippen LogP contribution in [-0.2, 0) is 9.47 Å². The average molecular weight is 525 g/mol. The van der Waals surface area contributed by atoms with Gasteiger partial charge >= 0.3 is 11.9 Å². The maximum atomic E-state index is 13.0. The summed E-state index contributed by atoms with van der Waals surface area (Å²) in [6.07, 6.45) is 6.90. The fraction of sp³-hybridized carbons (Fsp3) is 0.562. The van der Waals surface area contributed by atoms with Gasteiger partial charge in [0.2, 0.25) is 0 Å². The lowest BCUT2D eigenvalue weighted by Crippen LogP contribution is -2.33. The van der Waals surface area contributed by atoms with E-state index in [2.05, 4.69) is 27.7 Å². The quantitative estimate of drug-likeness (QED) is 0.238. The lowest BCUT2D eigenvalue weighted by molar-refractivity contribution is -0.0247. The standard InChI is InChI=1S/C32H44O6/c1-5-23(3)20-35-28-16-12-26(13-17-28)31(33)37-22-30(25-10-8-7-9-11-25)38-32(34)27-14-18-29(19-15-27)36-21-24(4)6-2/h12-19,23-25,30H,5-11,20-22H2,1-4H3. The van der Waals surface area contributed by atoms with E-state index in [9.17, 15) is 9.59 Å². The first-order chi connectivity index (χ1) is 18.4. The molecule has 6 nitrogen and oxygen atoms in total. The number of carbonyl (C=O) groups is 2. The second-order valence-electron chi connectivity index (χ2n) is 10.6. The highest BCUT2D eigenvalue weighted by atomic mass is 16.6. The minimum absolute atomic E-state index is 0.0393. The van der Waals surface area contributed by atoms with Crippen LogP contribution in [0.2, 0.25) is 0 Å². The van der Waals surface area contributed by atoms with Crippen molar-refractivity contribution in [2.75, 3.05) is 19.8 Å². The molecule has 0 amide bonds. The first kappa shape index (κ1) is 29.5. The van der Waals surface area contributed by atoms with Crippen LogP contribution in [0, 0.1) is 17.8 Å². The lowest BCUT2D eigenvalue weighted by Gasteiger charge is -2.29. The van der Waals surface area contributed by atoms with Crippen molar-refractivity contribution in [1.82, 2.24) is 0 Å². The van der Waals surface area contributed by atoms with Crippen LogP contribution >= 0.6 is 0 Å². The summed E-state index contributed by atoms with van der Waals surface area (Å²) in [5, 5.41) is 0. The van der Waals surface area contributed by atoms with E-state index in [0.29, 0.717) is 36.2 Å². The minimum atomic E-state index is -0.480. The molecule has 0 bridgehead atoms. The van der Waals surface area contributed by atoms with Gasteiger partial charge in [0.15, 0.2) is 0 Å². The summed E-state index contributed by atoms with van der Waals surface area (Å²) in [5.41, 5.74) is 0.906. The highest BCUT2D eigenvalue weighted by Crippen LogP contribution is 2.29. The van der Waals surface area contributed by atoms with Gasteiger partial charge in [-0.05, 0) is 79.1 Å². The molecule has 3 unspecified atom stereocenters. The van der Waals surface area contributed by atoms with Crippen LogP contribution in [0.4, 0.5) is 0 Å². The fourth-order valence-corrected chi connectivity index (χ4v) is 4.31. The Morgan fingerprint density at radius 1 is 0.711 bits per heavy atom. The topological polar surface area (TPSA) is 71.1 Å². The third-order valence-corrected chi connectivity index (χ3v) is 7.46. The average Bonchev–Trinajstić information content (AvgIpc) is 2.97. The summed E-state index contributed by atoms with van der Waals surface area (Å²) in [7, 11) is 0. The first-order valence-electron chi connectivity index (χ1n) is 14.2. The molecule has 2 aromatic rings. The molecule has 1 saturated carbocycles. The molecule has 208 valence electrons.